The molecule has 0 atom stereocenters. The molecule has 0 bridgehead atoms. The molecular formula is C18H22N6O2. The van der Waals surface area contributed by atoms with E-state index in [1.165, 1.54) is 31.9 Å². The maximum Gasteiger partial charge on any atom is 0.287 e. The minimum absolute atomic E-state index is 0.230. The van der Waals surface area contributed by atoms with Crippen LogP contribution in [-0.4, -0.2) is 45.3 Å². The number of aromatic nitrogens is 4. The van der Waals surface area contributed by atoms with Gasteiger partial charge in [0.25, 0.3) is 5.91 Å². The van der Waals surface area contributed by atoms with Gasteiger partial charge in [-0.3, -0.25) is 4.79 Å². The van der Waals surface area contributed by atoms with Crippen molar-refractivity contribution >= 4 is 22.8 Å². The summed E-state index contributed by atoms with van der Waals surface area (Å²) in [4.78, 5) is 23.2. The Morgan fingerprint density at radius 1 is 1.19 bits per heavy atom. The number of carbonyl (C=O) groups excluding carboxylic acids is 1. The van der Waals surface area contributed by atoms with Gasteiger partial charge in [0.05, 0.1) is 24.4 Å². The Hall–Kier alpha value is -2.90. The summed E-state index contributed by atoms with van der Waals surface area (Å²) in [6.45, 7) is 3.03. The zero-order valence-corrected chi connectivity index (χ0v) is 14.6. The van der Waals surface area contributed by atoms with Gasteiger partial charge in [-0.25, -0.2) is 14.6 Å². The van der Waals surface area contributed by atoms with E-state index < -0.39 is 0 Å². The summed E-state index contributed by atoms with van der Waals surface area (Å²) in [7, 11) is 0. The van der Waals surface area contributed by atoms with E-state index in [0.717, 1.165) is 29.9 Å². The first-order valence-electron chi connectivity index (χ1n) is 9.06. The molecule has 8 nitrogen and oxygen atoms in total. The van der Waals surface area contributed by atoms with E-state index in [0.29, 0.717) is 18.8 Å². The molecule has 0 aromatic carbocycles. The van der Waals surface area contributed by atoms with Gasteiger partial charge in [0.1, 0.15) is 12.1 Å². The minimum atomic E-state index is -0.230. The van der Waals surface area contributed by atoms with Gasteiger partial charge >= 0.3 is 0 Å². The van der Waals surface area contributed by atoms with Crippen molar-refractivity contribution in [3.8, 4) is 0 Å². The van der Waals surface area contributed by atoms with E-state index in [9.17, 15) is 4.79 Å². The van der Waals surface area contributed by atoms with Crippen LogP contribution in [0, 0.1) is 0 Å². The maximum absolute atomic E-state index is 11.9. The Morgan fingerprint density at radius 3 is 2.81 bits per heavy atom. The third kappa shape index (κ3) is 3.40. The monoisotopic (exact) mass is 354 g/mol. The second-order valence-electron chi connectivity index (χ2n) is 6.44. The average molecular weight is 354 g/mol. The highest BCUT2D eigenvalue weighted by Crippen LogP contribution is 2.24. The number of furan rings is 1. The Bertz CT molecular complexity index is 865. The van der Waals surface area contributed by atoms with Crippen molar-refractivity contribution in [1.29, 1.82) is 0 Å². The first-order valence-corrected chi connectivity index (χ1v) is 9.06. The Kier molecular flexibility index (Phi) is 4.81. The van der Waals surface area contributed by atoms with Crippen LogP contribution in [0.15, 0.2) is 35.3 Å². The molecule has 1 N–H and O–H groups in total. The average Bonchev–Trinajstić information content (AvgIpc) is 3.26. The van der Waals surface area contributed by atoms with Crippen molar-refractivity contribution in [2.75, 3.05) is 24.5 Å². The number of fused-ring (bicyclic) bond motifs is 1. The van der Waals surface area contributed by atoms with E-state index in [-0.39, 0.29) is 5.91 Å². The Balaban J connectivity index is 1.47. The lowest BCUT2D eigenvalue weighted by Gasteiger charge is -2.21. The molecular weight excluding hydrogens is 332 g/mol. The van der Waals surface area contributed by atoms with Crippen LogP contribution in [0.4, 0.5) is 5.82 Å². The van der Waals surface area contributed by atoms with Gasteiger partial charge < -0.3 is 14.6 Å². The van der Waals surface area contributed by atoms with Crippen molar-refractivity contribution in [3.63, 3.8) is 0 Å². The first kappa shape index (κ1) is 16.6. The van der Waals surface area contributed by atoms with Gasteiger partial charge in [-0.15, -0.1) is 0 Å². The molecule has 0 aliphatic carbocycles. The van der Waals surface area contributed by atoms with Crippen LogP contribution in [0.2, 0.25) is 0 Å². The lowest BCUT2D eigenvalue weighted by molar-refractivity contribution is 0.0924. The van der Waals surface area contributed by atoms with Crippen molar-refractivity contribution in [1.82, 2.24) is 25.1 Å². The lowest BCUT2D eigenvalue weighted by atomic mass is 10.2. The third-order valence-corrected chi connectivity index (χ3v) is 4.67. The maximum atomic E-state index is 11.9. The number of nitrogens with one attached hydrogen (secondary N) is 1. The molecule has 1 aliphatic heterocycles. The zero-order chi connectivity index (χ0) is 17.8. The summed E-state index contributed by atoms with van der Waals surface area (Å²) < 4.78 is 6.89. The van der Waals surface area contributed by atoms with E-state index >= 15 is 0 Å². The molecule has 8 heteroatoms. The van der Waals surface area contributed by atoms with Gasteiger partial charge in [0, 0.05) is 19.6 Å². The van der Waals surface area contributed by atoms with Crippen LogP contribution in [0.1, 0.15) is 36.2 Å². The number of carbonyl (C=O) groups is 1. The van der Waals surface area contributed by atoms with E-state index in [1.54, 1.807) is 23.1 Å². The van der Waals surface area contributed by atoms with Gasteiger partial charge in [-0.2, -0.15) is 5.10 Å². The summed E-state index contributed by atoms with van der Waals surface area (Å²) in [5, 5.41) is 8.24. The zero-order valence-electron chi connectivity index (χ0n) is 14.6. The SMILES string of the molecule is O=C(NCCn1ncc2c(N3CCCCCC3)ncnc21)c1ccco1. The number of rotatable bonds is 5. The molecule has 0 spiro atoms. The highest BCUT2D eigenvalue weighted by Gasteiger charge is 2.17. The molecule has 0 saturated carbocycles. The molecule has 26 heavy (non-hydrogen) atoms. The molecule has 0 radical (unpaired) electrons. The molecule has 0 unspecified atom stereocenters. The number of anilines is 1. The van der Waals surface area contributed by atoms with Crippen molar-refractivity contribution in [2.24, 2.45) is 0 Å². The predicted molar refractivity (Wildman–Crippen MR) is 97.0 cm³/mol. The Labute approximate surface area is 151 Å². The summed E-state index contributed by atoms with van der Waals surface area (Å²) in [5.41, 5.74) is 0.798. The summed E-state index contributed by atoms with van der Waals surface area (Å²) in [5.74, 6) is 1.04. The Morgan fingerprint density at radius 2 is 2.04 bits per heavy atom. The molecule has 136 valence electrons. The molecule has 4 heterocycles. The van der Waals surface area contributed by atoms with Crippen LogP contribution in [0.3, 0.4) is 0 Å². The minimum Gasteiger partial charge on any atom is -0.459 e. The summed E-state index contributed by atoms with van der Waals surface area (Å²) in [6.07, 6.45) is 9.85. The lowest BCUT2D eigenvalue weighted by Crippen LogP contribution is -2.27. The van der Waals surface area contributed by atoms with E-state index in [1.807, 2.05) is 6.20 Å². The fourth-order valence-electron chi connectivity index (χ4n) is 3.35. The summed E-state index contributed by atoms with van der Waals surface area (Å²) in [6, 6.07) is 3.33. The van der Waals surface area contributed by atoms with Crippen molar-refractivity contribution in [2.45, 2.75) is 32.2 Å². The highest BCUT2D eigenvalue weighted by molar-refractivity contribution is 5.91. The number of hydrogen-bond acceptors (Lipinski definition) is 6. The van der Waals surface area contributed by atoms with Crippen LogP contribution in [0.5, 0.6) is 0 Å². The predicted octanol–water partition coefficient (Wildman–Crippen LogP) is 2.23. The fourth-order valence-corrected chi connectivity index (χ4v) is 3.35. The van der Waals surface area contributed by atoms with E-state index in [4.69, 9.17) is 4.42 Å². The fraction of sp³-hybridized carbons (Fsp3) is 0.444. The molecule has 4 rings (SSSR count). The third-order valence-electron chi connectivity index (χ3n) is 4.67. The topological polar surface area (TPSA) is 89.1 Å². The molecule has 3 aromatic heterocycles. The first-order chi connectivity index (χ1) is 12.8. The summed E-state index contributed by atoms with van der Waals surface area (Å²) >= 11 is 0. The van der Waals surface area contributed by atoms with Crippen molar-refractivity contribution in [3.05, 3.63) is 36.7 Å². The normalized spacial score (nSPS) is 15.2. The van der Waals surface area contributed by atoms with Gasteiger partial charge in [-0.1, -0.05) is 12.8 Å². The largest absolute Gasteiger partial charge is 0.459 e. The van der Waals surface area contributed by atoms with Crippen molar-refractivity contribution < 1.29 is 9.21 Å². The molecule has 3 aromatic rings. The smallest absolute Gasteiger partial charge is 0.287 e. The molecule has 1 fully saturated rings. The second-order valence-corrected chi connectivity index (χ2v) is 6.44. The highest BCUT2D eigenvalue weighted by atomic mass is 16.3. The van der Waals surface area contributed by atoms with Gasteiger partial charge in [0.2, 0.25) is 0 Å². The quantitative estimate of drug-likeness (QED) is 0.756. The number of nitrogens with zero attached hydrogens (tertiary/aromatic N) is 5. The molecule has 1 amide bonds. The van der Waals surface area contributed by atoms with Crippen LogP contribution >= 0.6 is 0 Å². The molecule has 1 saturated heterocycles. The standard InChI is InChI=1S/C18H22N6O2/c25-18(15-6-5-11-26-15)19-7-10-24-17-14(12-22-24)16(20-13-21-17)23-8-3-1-2-4-9-23/h5-6,11-13H,1-4,7-10H2,(H,19,25). The van der Waals surface area contributed by atoms with Crippen LogP contribution in [-0.2, 0) is 6.54 Å². The van der Waals surface area contributed by atoms with Gasteiger partial charge in [0.15, 0.2) is 11.4 Å². The molecule has 1 aliphatic rings. The second kappa shape index (κ2) is 7.55. The van der Waals surface area contributed by atoms with Gasteiger partial charge in [-0.05, 0) is 25.0 Å². The van der Waals surface area contributed by atoms with Crippen LogP contribution in [0.25, 0.3) is 11.0 Å². The van der Waals surface area contributed by atoms with E-state index in [2.05, 4.69) is 25.3 Å². The number of hydrogen-bond donors (Lipinski definition) is 1. The number of amides is 1. The van der Waals surface area contributed by atoms with Crippen LogP contribution < -0.4 is 10.2 Å².